The van der Waals surface area contributed by atoms with E-state index in [4.69, 9.17) is 0 Å². The molecule has 8 heteroatoms. The lowest BCUT2D eigenvalue weighted by Crippen LogP contribution is -2.52. The molecule has 0 amide bonds. The minimum absolute atomic E-state index is 0.0368. The maximum Gasteiger partial charge on any atom is 0.276 e. The fourth-order valence-corrected chi connectivity index (χ4v) is 4.28. The monoisotopic (exact) mass is 377 g/mol. The van der Waals surface area contributed by atoms with Gasteiger partial charge in [0.15, 0.2) is 5.82 Å². The van der Waals surface area contributed by atoms with Gasteiger partial charge in [-0.15, -0.1) is 0 Å². The third-order valence-corrected chi connectivity index (χ3v) is 5.78. The van der Waals surface area contributed by atoms with Crippen molar-refractivity contribution < 1.29 is 0 Å². The number of piperazine rings is 1. The summed E-state index contributed by atoms with van der Waals surface area (Å²) in [5.41, 5.74) is 2.01. The Balaban J connectivity index is 1.29. The number of fused-ring (bicyclic) bond motifs is 1. The smallest absolute Gasteiger partial charge is 0.276 e. The quantitative estimate of drug-likeness (QED) is 0.734. The topological polar surface area (TPSA) is 82.9 Å². The average molecular weight is 377 g/mol. The van der Waals surface area contributed by atoms with Gasteiger partial charge >= 0.3 is 0 Å². The molecule has 3 aromatic rings. The number of pyridine rings is 1. The summed E-state index contributed by atoms with van der Waals surface area (Å²) in [6.07, 6.45) is 8.05. The van der Waals surface area contributed by atoms with Crippen LogP contribution >= 0.6 is 0 Å². The van der Waals surface area contributed by atoms with E-state index in [-0.39, 0.29) is 5.56 Å². The van der Waals surface area contributed by atoms with Crippen LogP contribution in [-0.2, 0) is 12.8 Å². The molecule has 144 valence electrons. The van der Waals surface area contributed by atoms with E-state index >= 15 is 0 Å². The van der Waals surface area contributed by atoms with Crippen molar-refractivity contribution in [3.05, 3.63) is 64.5 Å². The normalized spacial score (nSPS) is 20.1. The number of rotatable bonds is 3. The molecule has 1 N–H and O–H groups in total. The number of hydrogen-bond acceptors (Lipinski definition) is 6. The van der Waals surface area contributed by atoms with E-state index in [0.717, 1.165) is 62.6 Å². The molecule has 0 spiro atoms. The van der Waals surface area contributed by atoms with E-state index < -0.39 is 0 Å². The molecular weight excluding hydrogens is 354 g/mol. The number of anilines is 1. The number of hydrogen-bond donors (Lipinski definition) is 1. The molecule has 1 atom stereocenters. The van der Waals surface area contributed by atoms with Crippen LogP contribution in [-0.4, -0.2) is 61.9 Å². The molecule has 8 nitrogen and oxygen atoms in total. The minimum Gasteiger partial charge on any atom is -0.338 e. The third-order valence-electron chi connectivity index (χ3n) is 5.78. The lowest BCUT2D eigenvalue weighted by molar-refractivity contribution is 0.169. The summed E-state index contributed by atoms with van der Waals surface area (Å²) >= 11 is 0. The standard InChI is InChI=1S/C20H23N7O/c28-19-16-14-15(5-6-17(16)24-27(19)18-4-1-2-7-21-18)25-10-12-26(13-11-25)20-22-8-3-9-23-20/h1-4,7-9,15,24H,5-6,10-14H2. The van der Waals surface area contributed by atoms with Gasteiger partial charge in [0.1, 0.15) is 0 Å². The molecule has 1 aliphatic heterocycles. The van der Waals surface area contributed by atoms with Gasteiger partial charge < -0.3 is 4.90 Å². The SMILES string of the molecule is O=c1c2c([nH]n1-c1ccccn1)CCC(N1CCN(c3ncccn3)CC1)C2. The van der Waals surface area contributed by atoms with Crippen molar-refractivity contribution in [2.24, 2.45) is 0 Å². The van der Waals surface area contributed by atoms with E-state index in [2.05, 4.69) is 29.9 Å². The van der Waals surface area contributed by atoms with Gasteiger partial charge in [-0.25, -0.2) is 19.6 Å². The zero-order chi connectivity index (χ0) is 18.9. The Morgan fingerprint density at radius 1 is 0.964 bits per heavy atom. The number of H-pyrrole nitrogens is 1. The minimum atomic E-state index is 0.0368. The Morgan fingerprint density at radius 3 is 2.50 bits per heavy atom. The van der Waals surface area contributed by atoms with Crippen molar-refractivity contribution in [3.8, 4) is 5.82 Å². The Kier molecular flexibility index (Phi) is 4.40. The lowest BCUT2D eigenvalue weighted by atomic mass is 9.92. The molecule has 1 unspecified atom stereocenters. The van der Waals surface area contributed by atoms with E-state index in [1.165, 1.54) is 0 Å². The van der Waals surface area contributed by atoms with Crippen LogP contribution in [0.15, 0.2) is 47.7 Å². The predicted molar refractivity (Wildman–Crippen MR) is 106 cm³/mol. The highest BCUT2D eigenvalue weighted by molar-refractivity contribution is 5.31. The van der Waals surface area contributed by atoms with E-state index in [9.17, 15) is 4.79 Å². The van der Waals surface area contributed by atoms with Crippen molar-refractivity contribution in [3.63, 3.8) is 0 Å². The van der Waals surface area contributed by atoms with Crippen molar-refractivity contribution in [1.29, 1.82) is 0 Å². The number of aromatic amines is 1. The molecule has 1 aliphatic carbocycles. The van der Waals surface area contributed by atoms with Crippen LogP contribution < -0.4 is 10.5 Å². The van der Waals surface area contributed by atoms with E-state index in [1.54, 1.807) is 23.3 Å². The molecule has 5 rings (SSSR count). The van der Waals surface area contributed by atoms with Gasteiger partial charge in [-0.3, -0.25) is 14.8 Å². The second-order valence-electron chi connectivity index (χ2n) is 7.37. The van der Waals surface area contributed by atoms with E-state index in [1.807, 2.05) is 24.3 Å². The zero-order valence-corrected chi connectivity index (χ0v) is 15.7. The molecule has 1 saturated heterocycles. The third kappa shape index (κ3) is 3.09. The second kappa shape index (κ2) is 7.20. The average Bonchev–Trinajstić information content (AvgIpc) is 3.11. The van der Waals surface area contributed by atoms with Crippen molar-refractivity contribution in [2.45, 2.75) is 25.3 Å². The summed E-state index contributed by atoms with van der Waals surface area (Å²) in [6.45, 7) is 3.77. The molecule has 2 aliphatic rings. The Morgan fingerprint density at radius 2 is 1.75 bits per heavy atom. The van der Waals surface area contributed by atoms with Gasteiger partial charge in [-0.2, -0.15) is 0 Å². The van der Waals surface area contributed by atoms with Crippen LogP contribution in [0.4, 0.5) is 5.95 Å². The van der Waals surface area contributed by atoms with Crippen molar-refractivity contribution in [1.82, 2.24) is 29.6 Å². The van der Waals surface area contributed by atoms with Gasteiger partial charge in [0, 0.05) is 62.1 Å². The van der Waals surface area contributed by atoms with E-state index in [0.29, 0.717) is 11.9 Å². The van der Waals surface area contributed by atoms with Gasteiger partial charge in [-0.05, 0) is 37.5 Å². The molecule has 0 saturated carbocycles. The summed E-state index contributed by atoms with van der Waals surface area (Å²) in [6, 6.07) is 7.85. The highest BCUT2D eigenvalue weighted by atomic mass is 16.1. The van der Waals surface area contributed by atoms with Crippen LogP contribution in [0.1, 0.15) is 17.7 Å². The van der Waals surface area contributed by atoms with Gasteiger partial charge in [-0.1, -0.05) is 6.07 Å². The highest BCUT2D eigenvalue weighted by Gasteiger charge is 2.31. The molecule has 4 heterocycles. The summed E-state index contributed by atoms with van der Waals surface area (Å²) in [5.74, 6) is 1.45. The summed E-state index contributed by atoms with van der Waals surface area (Å²) in [7, 11) is 0. The summed E-state index contributed by atoms with van der Waals surface area (Å²) < 4.78 is 1.58. The van der Waals surface area contributed by atoms with Crippen LogP contribution in [0.25, 0.3) is 5.82 Å². The number of nitrogens with one attached hydrogen (secondary N) is 1. The Bertz CT molecular complexity index is 990. The molecular formula is C20H23N7O. The summed E-state index contributed by atoms with van der Waals surface area (Å²) in [4.78, 5) is 30.7. The number of aryl methyl sites for hydroxylation is 1. The number of aromatic nitrogens is 5. The van der Waals surface area contributed by atoms with Crippen LogP contribution in [0.3, 0.4) is 0 Å². The molecule has 0 aromatic carbocycles. The van der Waals surface area contributed by atoms with Crippen LogP contribution in [0.5, 0.6) is 0 Å². The molecule has 28 heavy (non-hydrogen) atoms. The van der Waals surface area contributed by atoms with Crippen molar-refractivity contribution in [2.75, 3.05) is 31.1 Å². The van der Waals surface area contributed by atoms with Gasteiger partial charge in [0.05, 0.1) is 0 Å². The predicted octanol–water partition coefficient (Wildman–Crippen LogP) is 1.03. The first-order valence-electron chi connectivity index (χ1n) is 9.80. The number of nitrogens with zero attached hydrogens (tertiary/aromatic N) is 6. The second-order valence-corrected chi connectivity index (χ2v) is 7.37. The van der Waals surface area contributed by atoms with Gasteiger partial charge in [0.2, 0.25) is 5.95 Å². The zero-order valence-electron chi connectivity index (χ0n) is 15.7. The summed E-state index contributed by atoms with van der Waals surface area (Å²) in [5, 5.41) is 3.27. The lowest BCUT2D eigenvalue weighted by Gasteiger charge is -2.40. The first-order chi connectivity index (χ1) is 13.8. The highest BCUT2D eigenvalue weighted by Crippen LogP contribution is 2.23. The first-order valence-corrected chi connectivity index (χ1v) is 9.80. The maximum atomic E-state index is 12.9. The first kappa shape index (κ1) is 17.1. The fourth-order valence-electron chi connectivity index (χ4n) is 4.28. The molecule has 0 bridgehead atoms. The Labute approximate surface area is 162 Å². The van der Waals surface area contributed by atoms with Crippen LogP contribution in [0, 0.1) is 0 Å². The fraction of sp³-hybridized carbons (Fsp3) is 0.400. The largest absolute Gasteiger partial charge is 0.338 e. The Hall–Kier alpha value is -3.00. The maximum absolute atomic E-state index is 12.9. The molecule has 0 radical (unpaired) electrons. The van der Waals surface area contributed by atoms with Crippen LogP contribution in [0.2, 0.25) is 0 Å². The molecule has 1 fully saturated rings. The van der Waals surface area contributed by atoms with Gasteiger partial charge in [0.25, 0.3) is 5.56 Å². The van der Waals surface area contributed by atoms with Crippen molar-refractivity contribution >= 4 is 5.95 Å². The molecule has 3 aromatic heterocycles.